The number of nitrogens with zero attached hydrogens (tertiary/aromatic N) is 2. The van der Waals surface area contributed by atoms with Crippen molar-refractivity contribution >= 4 is 11.8 Å². The second kappa shape index (κ2) is 4.87. The van der Waals surface area contributed by atoms with E-state index < -0.39 is 5.54 Å². The molecule has 1 aromatic rings. The molecule has 0 spiro atoms. The van der Waals surface area contributed by atoms with Gasteiger partial charge in [-0.05, 0) is 19.9 Å². The quantitative estimate of drug-likeness (QED) is 0.840. The van der Waals surface area contributed by atoms with Crippen LogP contribution >= 0.6 is 0 Å². The number of methoxy groups -OCH3 is 1. The number of hydrogen-bond donors (Lipinski definition) is 1. The predicted molar refractivity (Wildman–Crippen MR) is 68.9 cm³/mol. The van der Waals surface area contributed by atoms with Crippen LogP contribution in [0.1, 0.15) is 24.2 Å². The first kappa shape index (κ1) is 13.3. The van der Waals surface area contributed by atoms with E-state index in [-0.39, 0.29) is 11.8 Å². The molecule has 2 rings (SSSR count). The number of rotatable bonds is 2. The summed E-state index contributed by atoms with van der Waals surface area (Å²) in [5.74, 6) is 0.0357. The Morgan fingerprint density at radius 2 is 2.26 bits per heavy atom. The van der Waals surface area contributed by atoms with Gasteiger partial charge in [0.15, 0.2) is 0 Å². The minimum atomic E-state index is -0.871. The summed E-state index contributed by atoms with van der Waals surface area (Å²) in [4.78, 5) is 29.9. The molecule has 0 unspecified atom stereocenters. The SMILES string of the molecule is COc1cnccc1C(=O)N1CCNC(=O)C1(C)C. The highest BCUT2D eigenvalue weighted by atomic mass is 16.5. The standard InChI is InChI=1S/C13H17N3O3/c1-13(2)12(18)15-6-7-16(13)11(17)9-4-5-14-8-10(9)19-3/h4-5,8H,6-7H2,1-3H3,(H,15,18). The van der Waals surface area contributed by atoms with Gasteiger partial charge in [0.2, 0.25) is 5.91 Å². The van der Waals surface area contributed by atoms with Gasteiger partial charge in [-0.15, -0.1) is 0 Å². The maximum atomic E-state index is 12.6. The lowest BCUT2D eigenvalue weighted by Gasteiger charge is -2.41. The molecule has 6 nitrogen and oxygen atoms in total. The zero-order valence-electron chi connectivity index (χ0n) is 11.3. The number of piperazine rings is 1. The number of nitrogens with one attached hydrogen (secondary N) is 1. The number of aromatic nitrogens is 1. The van der Waals surface area contributed by atoms with Gasteiger partial charge in [-0.2, -0.15) is 0 Å². The zero-order chi connectivity index (χ0) is 14.0. The Bertz CT molecular complexity index is 514. The van der Waals surface area contributed by atoms with Gasteiger partial charge in [0.1, 0.15) is 11.3 Å². The Kier molecular flexibility index (Phi) is 3.42. The Labute approximate surface area is 111 Å². The summed E-state index contributed by atoms with van der Waals surface area (Å²) in [5.41, 5.74) is -0.454. The fraction of sp³-hybridized carbons (Fsp3) is 0.462. The molecule has 1 aliphatic rings. The molecule has 6 heteroatoms. The second-order valence-electron chi connectivity index (χ2n) is 4.85. The Balaban J connectivity index is 2.35. The van der Waals surface area contributed by atoms with E-state index in [1.165, 1.54) is 19.5 Å². The highest BCUT2D eigenvalue weighted by molar-refractivity contribution is 6.01. The largest absolute Gasteiger partial charge is 0.494 e. The number of hydrogen-bond acceptors (Lipinski definition) is 4. The van der Waals surface area contributed by atoms with E-state index >= 15 is 0 Å². The third-order valence-electron chi connectivity index (χ3n) is 3.33. The number of amides is 2. The lowest BCUT2D eigenvalue weighted by Crippen LogP contribution is -2.63. The highest BCUT2D eigenvalue weighted by Gasteiger charge is 2.41. The van der Waals surface area contributed by atoms with Crippen LogP contribution in [0.5, 0.6) is 5.75 Å². The van der Waals surface area contributed by atoms with Gasteiger partial charge in [0.25, 0.3) is 5.91 Å². The van der Waals surface area contributed by atoms with Crippen LogP contribution in [0.25, 0.3) is 0 Å². The maximum Gasteiger partial charge on any atom is 0.258 e. The first-order chi connectivity index (χ1) is 8.98. The van der Waals surface area contributed by atoms with Crippen LogP contribution < -0.4 is 10.1 Å². The highest BCUT2D eigenvalue weighted by Crippen LogP contribution is 2.24. The average Bonchev–Trinajstić information content (AvgIpc) is 2.41. The van der Waals surface area contributed by atoms with Gasteiger partial charge in [0, 0.05) is 19.3 Å². The van der Waals surface area contributed by atoms with Crippen LogP contribution in [0, 0.1) is 0 Å². The molecule has 0 radical (unpaired) electrons. The van der Waals surface area contributed by atoms with Crippen molar-refractivity contribution < 1.29 is 14.3 Å². The van der Waals surface area contributed by atoms with Crippen LogP contribution in [0.4, 0.5) is 0 Å². The van der Waals surface area contributed by atoms with Gasteiger partial charge < -0.3 is 15.0 Å². The summed E-state index contributed by atoms with van der Waals surface area (Å²) in [5, 5.41) is 2.76. The topological polar surface area (TPSA) is 71.5 Å². The van der Waals surface area contributed by atoms with Crippen molar-refractivity contribution in [3.63, 3.8) is 0 Å². The molecule has 0 saturated carbocycles. The summed E-state index contributed by atoms with van der Waals surface area (Å²) < 4.78 is 5.14. The Morgan fingerprint density at radius 3 is 2.95 bits per heavy atom. The number of ether oxygens (including phenoxy) is 1. The van der Waals surface area contributed by atoms with Crippen LogP contribution in [0.3, 0.4) is 0 Å². The maximum absolute atomic E-state index is 12.6. The molecule has 1 aromatic heterocycles. The summed E-state index contributed by atoms with van der Waals surface area (Å²) in [7, 11) is 1.49. The van der Waals surface area contributed by atoms with Crippen molar-refractivity contribution in [2.24, 2.45) is 0 Å². The molecule has 1 N–H and O–H groups in total. The van der Waals surface area contributed by atoms with Gasteiger partial charge in [0.05, 0.1) is 18.9 Å². The molecule has 1 aliphatic heterocycles. The first-order valence-electron chi connectivity index (χ1n) is 6.06. The van der Waals surface area contributed by atoms with Crippen LogP contribution in [-0.4, -0.2) is 47.4 Å². The molecule has 0 atom stereocenters. The number of carbonyl (C=O) groups is 2. The molecule has 2 heterocycles. The number of carbonyl (C=O) groups excluding carboxylic acids is 2. The normalized spacial score (nSPS) is 17.8. The lowest BCUT2D eigenvalue weighted by atomic mass is 9.97. The molecule has 1 saturated heterocycles. The van der Waals surface area contributed by atoms with Gasteiger partial charge in [-0.25, -0.2) is 0 Å². The lowest BCUT2D eigenvalue weighted by molar-refractivity contribution is -0.133. The van der Waals surface area contributed by atoms with Crippen molar-refractivity contribution in [1.82, 2.24) is 15.2 Å². The molecule has 102 valence electrons. The van der Waals surface area contributed by atoms with Gasteiger partial charge in [-0.3, -0.25) is 14.6 Å². The summed E-state index contributed by atoms with van der Waals surface area (Å²) in [6.45, 7) is 4.39. The molecule has 2 amide bonds. The molecule has 0 aromatic carbocycles. The third kappa shape index (κ3) is 2.25. The monoisotopic (exact) mass is 263 g/mol. The fourth-order valence-electron chi connectivity index (χ4n) is 2.12. The van der Waals surface area contributed by atoms with E-state index in [0.29, 0.717) is 24.4 Å². The Morgan fingerprint density at radius 1 is 1.53 bits per heavy atom. The molecule has 0 aliphatic carbocycles. The summed E-state index contributed by atoms with van der Waals surface area (Å²) in [6, 6.07) is 1.60. The van der Waals surface area contributed by atoms with Crippen LogP contribution in [-0.2, 0) is 4.79 Å². The zero-order valence-corrected chi connectivity index (χ0v) is 11.3. The predicted octanol–water partition coefficient (Wildman–Crippen LogP) is 0.441. The van der Waals surface area contributed by atoms with Crippen molar-refractivity contribution in [3.05, 3.63) is 24.0 Å². The summed E-state index contributed by atoms with van der Waals surface area (Å²) >= 11 is 0. The smallest absolute Gasteiger partial charge is 0.258 e. The van der Waals surface area contributed by atoms with E-state index in [0.717, 1.165) is 0 Å². The van der Waals surface area contributed by atoms with E-state index in [1.54, 1.807) is 24.8 Å². The third-order valence-corrected chi connectivity index (χ3v) is 3.33. The molecule has 1 fully saturated rings. The molecule has 19 heavy (non-hydrogen) atoms. The van der Waals surface area contributed by atoms with Crippen molar-refractivity contribution in [3.8, 4) is 5.75 Å². The van der Waals surface area contributed by atoms with E-state index in [4.69, 9.17) is 4.74 Å². The second-order valence-corrected chi connectivity index (χ2v) is 4.85. The average molecular weight is 263 g/mol. The van der Waals surface area contributed by atoms with Crippen molar-refractivity contribution in [2.75, 3.05) is 20.2 Å². The van der Waals surface area contributed by atoms with Gasteiger partial charge >= 0.3 is 0 Å². The van der Waals surface area contributed by atoms with Crippen LogP contribution in [0.2, 0.25) is 0 Å². The fourth-order valence-corrected chi connectivity index (χ4v) is 2.12. The number of pyridine rings is 1. The minimum absolute atomic E-state index is 0.153. The Hall–Kier alpha value is -2.11. The molecule has 0 bridgehead atoms. The van der Waals surface area contributed by atoms with Gasteiger partial charge in [-0.1, -0.05) is 0 Å². The molecular formula is C13H17N3O3. The van der Waals surface area contributed by atoms with E-state index in [2.05, 4.69) is 10.3 Å². The van der Waals surface area contributed by atoms with E-state index in [9.17, 15) is 9.59 Å². The van der Waals surface area contributed by atoms with Crippen LogP contribution in [0.15, 0.2) is 18.5 Å². The molecular weight excluding hydrogens is 246 g/mol. The van der Waals surface area contributed by atoms with Crippen molar-refractivity contribution in [1.29, 1.82) is 0 Å². The summed E-state index contributed by atoms with van der Waals surface area (Å²) in [6.07, 6.45) is 3.02. The first-order valence-corrected chi connectivity index (χ1v) is 6.06. The van der Waals surface area contributed by atoms with E-state index in [1.807, 2.05) is 0 Å². The van der Waals surface area contributed by atoms with Crippen molar-refractivity contribution in [2.45, 2.75) is 19.4 Å². The minimum Gasteiger partial charge on any atom is -0.494 e.